The molecule has 1 aliphatic carbocycles. The van der Waals surface area contributed by atoms with E-state index in [0.717, 1.165) is 15.8 Å². The van der Waals surface area contributed by atoms with Gasteiger partial charge in [0.1, 0.15) is 5.75 Å². The van der Waals surface area contributed by atoms with Crippen molar-refractivity contribution in [2.45, 2.75) is 24.6 Å². The molecule has 4 heteroatoms. The number of ether oxygens (including phenoxy) is 1. The summed E-state index contributed by atoms with van der Waals surface area (Å²) < 4.78 is 6.45. The molecular weight excluding hydrogens is 344 g/mol. The lowest BCUT2D eigenvalue weighted by Gasteiger charge is -2.13. The molecule has 0 aliphatic heterocycles. The third-order valence-corrected chi connectivity index (χ3v) is 5.88. The van der Waals surface area contributed by atoms with Crippen LogP contribution in [0.3, 0.4) is 0 Å². The Hall–Kier alpha value is -0.510. The second kappa shape index (κ2) is 5.47. The molecule has 0 amide bonds. The molecule has 1 atom stereocenters. The van der Waals surface area contributed by atoms with E-state index in [-0.39, 0.29) is 5.38 Å². The fourth-order valence-electron chi connectivity index (χ4n) is 2.53. The van der Waals surface area contributed by atoms with Crippen molar-refractivity contribution in [3.63, 3.8) is 0 Å². The molecular formula is C15H14BrClOS. The molecule has 100 valence electrons. The number of rotatable bonds is 3. The Kier molecular flexibility index (Phi) is 3.88. The molecule has 0 bridgehead atoms. The van der Waals surface area contributed by atoms with Crippen molar-refractivity contribution in [1.29, 1.82) is 0 Å². The van der Waals surface area contributed by atoms with Crippen LogP contribution in [-0.4, -0.2) is 7.11 Å². The monoisotopic (exact) mass is 356 g/mol. The maximum Gasteiger partial charge on any atom is 0.124 e. The van der Waals surface area contributed by atoms with Crippen LogP contribution in [0.15, 0.2) is 28.7 Å². The molecule has 0 saturated heterocycles. The van der Waals surface area contributed by atoms with E-state index in [1.165, 1.54) is 34.6 Å². The molecule has 1 nitrogen and oxygen atoms in total. The van der Waals surface area contributed by atoms with Crippen molar-refractivity contribution in [2.75, 3.05) is 7.11 Å². The SMILES string of the molecule is COc1ccc(Br)cc1C(Cl)c1cc2c(s1)CCC2. The largest absolute Gasteiger partial charge is 0.496 e. The lowest BCUT2D eigenvalue weighted by Crippen LogP contribution is -1.96. The first-order valence-electron chi connectivity index (χ1n) is 6.28. The van der Waals surface area contributed by atoms with E-state index in [1.807, 2.05) is 29.5 Å². The highest BCUT2D eigenvalue weighted by molar-refractivity contribution is 9.10. The second-order valence-corrected chi connectivity index (χ2v) is 7.22. The number of thiophene rings is 1. The molecule has 0 saturated carbocycles. The van der Waals surface area contributed by atoms with E-state index < -0.39 is 0 Å². The fraction of sp³-hybridized carbons (Fsp3) is 0.333. The Bertz CT molecular complexity index is 587. The summed E-state index contributed by atoms with van der Waals surface area (Å²) in [6, 6.07) is 8.24. The van der Waals surface area contributed by atoms with E-state index in [1.54, 1.807) is 7.11 Å². The van der Waals surface area contributed by atoms with Gasteiger partial charge in [-0.2, -0.15) is 0 Å². The number of fused-ring (bicyclic) bond motifs is 1. The van der Waals surface area contributed by atoms with Crippen LogP contribution >= 0.6 is 38.9 Å². The lowest BCUT2D eigenvalue weighted by atomic mass is 10.1. The first-order valence-corrected chi connectivity index (χ1v) is 8.32. The van der Waals surface area contributed by atoms with Gasteiger partial charge in [0.2, 0.25) is 0 Å². The Morgan fingerprint density at radius 2 is 2.16 bits per heavy atom. The van der Waals surface area contributed by atoms with Gasteiger partial charge in [-0.05, 0) is 49.1 Å². The van der Waals surface area contributed by atoms with Crippen LogP contribution < -0.4 is 4.74 Å². The summed E-state index contributed by atoms with van der Waals surface area (Å²) in [5, 5.41) is -0.136. The van der Waals surface area contributed by atoms with E-state index in [9.17, 15) is 0 Å². The smallest absolute Gasteiger partial charge is 0.124 e. The molecule has 0 radical (unpaired) electrons. The second-order valence-electron chi connectivity index (χ2n) is 4.70. The zero-order chi connectivity index (χ0) is 13.4. The topological polar surface area (TPSA) is 9.23 Å². The summed E-state index contributed by atoms with van der Waals surface area (Å²) in [6.45, 7) is 0. The van der Waals surface area contributed by atoms with Gasteiger partial charge in [0.25, 0.3) is 0 Å². The molecule has 1 aliphatic rings. The highest BCUT2D eigenvalue weighted by Crippen LogP contribution is 2.42. The quantitative estimate of drug-likeness (QED) is 0.674. The third kappa shape index (κ3) is 2.56. The molecule has 1 heterocycles. The number of halogens is 2. The standard InChI is InChI=1S/C15H14BrClOS/c1-18-12-6-5-10(16)8-11(12)15(17)14-7-9-3-2-4-13(9)19-14/h5-8,15H,2-4H2,1H3. The predicted molar refractivity (Wildman–Crippen MR) is 84.7 cm³/mol. The van der Waals surface area contributed by atoms with E-state index in [0.29, 0.717) is 0 Å². The average molecular weight is 358 g/mol. The van der Waals surface area contributed by atoms with Crippen molar-refractivity contribution < 1.29 is 4.74 Å². The number of benzene rings is 1. The van der Waals surface area contributed by atoms with Crippen molar-refractivity contribution in [2.24, 2.45) is 0 Å². The summed E-state index contributed by atoms with van der Waals surface area (Å²) >= 11 is 12.0. The number of hydrogen-bond acceptors (Lipinski definition) is 2. The van der Waals surface area contributed by atoms with Gasteiger partial charge < -0.3 is 4.74 Å². The van der Waals surface area contributed by atoms with Gasteiger partial charge in [0.15, 0.2) is 0 Å². The van der Waals surface area contributed by atoms with Crippen molar-refractivity contribution >= 4 is 38.9 Å². The minimum atomic E-state index is -0.136. The summed E-state index contributed by atoms with van der Waals surface area (Å²) in [4.78, 5) is 2.73. The normalized spacial score (nSPS) is 15.3. The van der Waals surface area contributed by atoms with Gasteiger partial charge >= 0.3 is 0 Å². The highest BCUT2D eigenvalue weighted by atomic mass is 79.9. The van der Waals surface area contributed by atoms with Gasteiger partial charge in [-0.15, -0.1) is 22.9 Å². The van der Waals surface area contributed by atoms with Crippen LogP contribution in [0.4, 0.5) is 0 Å². The van der Waals surface area contributed by atoms with E-state index >= 15 is 0 Å². The van der Waals surface area contributed by atoms with Crippen molar-refractivity contribution in [3.05, 3.63) is 49.6 Å². The molecule has 1 aromatic carbocycles. The van der Waals surface area contributed by atoms with Crippen LogP contribution in [0.1, 0.15) is 32.7 Å². The zero-order valence-corrected chi connectivity index (χ0v) is 13.7. The van der Waals surface area contributed by atoms with Gasteiger partial charge in [0.05, 0.1) is 12.5 Å². The zero-order valence-electron chi connectivity index (χ0n) is 10.6. The summed E-state index contributed by atoms with van der Waals surface area (Å²) in [5.74, 6) is 0.844. The van der Waals surface area contributed by atoms with Crippen molar-refractivity contribution in [1.82, 2.24) is 0 Å². The van der Waals surface area contributed by atoms with E-state index in [2.05, 4.69) is 22.0 Å². The predicted octanol–water partition coefficient (Wildman–Crippen LogP) is 5.34. The molecule has 0 N–H and O–H groups in total. The maximum atomic E-state index is 6.66. The number of aryl methyl sites for hydroxylation is 2. The Balaban J connectivity index is 1.98. The van der Waals surface area contributed by atoms with Gasteiger partial charge in [-0.3, -0.25) is 0 Å². The van der Waals surface area contributed by atoms with Crippen LogP contribution in [0, 0.1) is 0 Å². The van der Waals surface area contributed by atoms with Gasteiger partial charge in [-0.25, -0.2) is 0 Å². The maximum absolute atomic E-state index is 6.66. The molecule has 0 fully saturated rings. The summed E-state index contributed by atoms with van der Waals surface area (Å²) in [5.41, 5.74) is 2.51. The van der Waals surface area contributed by atoms with E-state index in [4.69, 9.17) is 16.3 Å². The van der Waals surface area contributed by atoms with Crippen LogP contribution in [0.5, 0.6) is 5.75 Å². The summed E-state index contributed by atoms with van der Waals surface area (Å²) in [7, 11) is 1.69. The molecule has 3 rings (SSSR count). The molecule has 19 heavy (non-hydrogen) atoms. The molecule has 0 spiro atoms. The molecule has 1 aromatic heterocycles. The Labute approximate surface area is 130 Å². The minimum Gasteiger partial charge on any atom is -0.496 e. The summed E-state index contributed by atoms with van der Waals surface area (Å²) in [6.07, 6.45) is 3.69. The van der Waals surface area contributed by atoms with Crippen LogP contribution in [0.25, 0.3) is 0 Å². The first-order chi connectivity index (χ1) is 9.19. The number of alkyl halides is 1. The van der Waals surface area contributed by atoms with Gasteiger partial charge in [-0.1, -0.05) is 15.9 Å². The van der Waals surface area contributed by atoms with Crippen LogP contribution in [0.2, 0.25) is 0 Å². The average Bonchev–Trinajstić information content (AvgIpc) is 2.98. The Morgan fingerprint density at radius 1 is 1.32 bits per heavy atom. The number of methoxy groups -OCH3 is 1. The molecule has 2 aromatic rings. The molecule has 1 unspecified atom stereocenters. The Morgan fingerprint density at radius 3 is 2.89 bits per heavy atom. The fourth-order valence-corrected chi connectivity index (χ4v) is 4.53. The third-order valence-electron chi connectivity index (χ3n) is 3.48. The van der Waals surface area contributed by atoms with Gasteiger partial charge in [0, 0.05) is 19.8 Å². The highest BCUT2D eigenvalue weighted by Gasteiger charge is 2.22. The van der Waals surface area contributed by atoms with Crippen LogP contribution in [-0.2, 0) is 12.8 Å². The number of hydrogen-bond donors (Lipinski definition) is 0. The lowest BCUT2D eigenvalue weighted by molar-refractivity contribution is 0.410. The minimum absolute atomic E-state index is 0.136. The van der Waals surface area contributed by atoms with Crippen molar-refractivity contribution in [3.8, 4) is 5.75 Å². The first kappa shape index (κ1) is 13.5.